The molecule has 7 heteroatoms. The minimum absolute atomic E-state index is 0.250. The van der Waals surface area contributed by atoms with E-state index in [2.05, 4.69) is 30.6 Å². The van der Waals surface area contributed by atoms with Gasteiger partial charge in [0.15, 0.2) is 0 Å². The SMILES string of the molecule is CC(C)c1cc(Cc2c(Cl)cc(SCc3cccnc3)cc2Cl)ccc1O.NC=O. The second-order valence-corrected chi connectivity index (χ2v) is 8.74. The Hall–Kier alpha value is -2.21. The van der Waals surface area contributed by atoms with E-state index >= 15 is 0 Å². The second kappa shape index (κ2) is 11.8. The lowest BCUT2D eigenvalue weighted by atomic mass is 9.96. The number of hydrogen-bond donors (Lipinski definition) is 2. The van der Waals surface area contributed by atoms with Gasteiger partial charge in [-0.2, -0.15) is 0 Å². The standard InChI is InChI=1S/C22H21Cl2NOS.CH3NO/c1-14(2)18-8-15(5-6-22(18)26)9-19-20(23)10-17(11-21(19)24)27-13-16-4-3-7-25-12-16;2-1-3/h3-8,10-12,14,26H,9,13H2,1-2H3;1H,(H2,2,3). The fraction of sp³-hybridized carbons (Fsp3) is 0.217. The summed E-state index contributed by atoms with van der Waals surface area (Å²) in [4.78, 5) is 13.8. The van der Waals surface area contributed by atoms with Crippen LogP contribution in [0.25, 0.3) is 0 Å². The molecule has 0 aliphatic rings. The number of pyridine rings is 1. The van der Waals surface area contributed by atoms with Crippen molar-refractivity contribution in [2.24, 2.45) is 5.73 Å². The Balaban J connectivity index is 0.00000101. The normalized spacial score (nSPS) is 10.4. The van der Waals surface area contributed by atoms with Crippen LogP contribution in [0.2, 0.25) is 10.0 Å². The third-order valence-corrected chi connectivity index (χ3v) is 6.06. The number of thioether (sulfide) groups is 1. The zero-order chi connectivity index (χ0) is 22.1. The number of phenols is 1. The Labute approximate surface area is 191 Å². The van der Waals surface area contributed by atoms with E-state index in [1.54, 1.807) is 24.0 Å². The van der Waals surface area contributed by atoms with Crippen LogP contribution < -0.4 is 5.73 Å². The topological polar surface area (TPSA) is 76.2 Å². The number of carbonyl (C=O) groups is 1. The van der Waals surface area contributed by atoms with E-state index in [4.69, 9.17) is 28.0 Å². The van der Waals surface area contributed by atoms with E-state index in [1.807, 2.05) is 36.5 Å². The van der Waals surface area contributed by atoms with Gasteiger partial charge in [-0.25, -0.2) is 0 Å². The number of hydrogen-bond acceptors (Lipinski definition) is 4. The summed E-state index contributed by atoms with van der Waals surface area (Å²) in [7, 11) is 0. The van der Waals surface area contributed by atoms with E-state index < -0.39 is 0 Å². The molecule has 0 saturated heterocycles. The van der Waals surface area contributed by atoms with Gasteiger partial charge in [0.2, 0.25) is 6.41 Å². The van der Waals surface area contributed by atoms with E-state index in [-0.39, 0.29) is 12.3 Å². The molecule has 0 aliphatic carbocycles. The van der Waals surface area contributed by atoms with Gasteiger partial charge < -0.3 is 10.8 Å². The van der Waals surface area contributed by atoms with Crippen LogP contribution in [-0.2, 0) is 17.0 Å². The van der Waals surface area contributed by atoms with Crippen LogP contribution in [0.4, 0.5) is 0 Å². The number of carbonyl (C=O) groups excluding carboxylic acids is 1. The van der Waals surface area contributed by atoms with Gasteiger partial charge in [0.05, 0.1) is 0 Å². The molecule has 0 atom stereocenters. The number of aromatic nitrogens is 1. The average Bonchev–Trinajstić information content (AvgIpc) is 2.71. The zero-order valence-electron chi connectivity index (χ0n) is 16.8. The smallest absolute Gasteiger partial charge is 0.204 e. The van der Waals surface area contributed by atoms with Crippen molar-refractivity contribution >= 4 is 41.4 Å². The Kier molecular flexibility index (Phi) is 9.50. The van der Waals surface area contributed by atoms with Crippen LogP contribution >= 0.6 is 35.0 Å². The molecule has 30 heavy (non-hydrogen) atoms. The second-order valence-electron chi connectivity index (χ2n) is 6.88. The lowest BCUT2D eigenvalue weighted by molar-refractivity contribution is -0.106. The number of primary amides is 1. The van der Waals surface area contributed by atoms with E-state index in [1.165, 1.54) is 0 Å². The summed E-state index contributed by atoms with van der Waals surface area (Å²) in [5.41, 5.74) is 8.24. The summed E-state index contributed by atoms with van der Waals surface area (Å²) in [5, 5.41) is 11.3. The summed E-state index contributed by atoms with van der Waals surface area (Å²) in [6.45, 7) is 4.13. The van der Waals surface area contributed by atoms with Gasteiger partial charge in [-0.15, -0.1) is 11.8 Å². The molecule has 0 saturated carbocycles. The maximum absolute atomic E-state index is 10.0. The average molecular weight is 463 g/mol. The zero-order valence-corrected chi connectivity index (χ0v) is 19.1. The molecule has 3 N–H and O–H groups in total. The minimum Gasteiger partial charge on any atom is -0.508 e. The predicted molar refractivity (Wildman–Crippen MR) is 126 cm³/mol. The van der Waals surface area contributed by atoms with Gasteiger partial charge in [0.25, 0.3) is 0 Å². The highest BCUT2D eigenvalue weighted by atomic mass is 35.5. The van der Waals surface area contributed by atoms with Crippen LogP contribution in [0, 0.1) is 0 Å². The van der Waals surface area contributed by atoms with Crippen LogP contribution in [0.3, 0.4) is 0 Å². The molecule has 3 rings (SSSR count). The van der Waals surface area contributed by atoms with Crippen molar-refractivity contribution < 1.29 is 9.90 Å². The van der Waals surface area contributed by atoms with Crippen molar-refractivity contribution in [3.63, 3.8) is 0 Å². The van der Waals surface area contributed by atoms with Crippen molar-refractivity contribution in [1.29, 1.82) is 0 Å². The minimum atomic E-state index is 0.250. The first-order valence-electron chi connectivity index (χ1n) is 9.32. The first-order valence-corrected chi connectivity index (χ1v) is 11.1. The lowest BCUT2D eigenvalue weighted by Crippen LogP contribution is -1.95. The molecule has 0 radical (unpaired) electrons. The first kappa shape index (κ1) is 24.1. The number of phenolic OH excluding ortho intramolecular Hbond substituents is 1. The summed E-state index contributed by atoms with van der Waals surface area (Å²) in [5.74, 6) is 1.39. The van der Waals surface area contributed by atoms with E-state index in [0.717, 1.165) is 32.9 Å². The number of nitrogens with two attached hydrogens (primary N) is 1. The van der Waals surface area contributed by atoms with Crippen molar-refractivity contribution in [2.75, 3.05) is 0 Å². The molecule has 2 aromatic carbocycles. The van der Waals surface area contributed by atoms with Crippen LogP contribution in [0.15, 0.2) is 59.8 Å². The Morgan fingerprint density at radius 2 is 1.80 bits per heavy atom. The van der Waals surface area contributed by atoms with Gasteiger partial charge in [0, 0.05) is 39.5 Å². The fourth-order valence-electron chi connectivity index (χ4n) is 2.86. The van der Waals surface area contributed by atoms with E-state index in [0.29, 0.717) is 22.2 Å². The van der Waals surface area contributed by atoms with Crippen molar-refractivity contribution in [2.45, 2.75) is 36.8 Å². The molecule has 0 fully saturated rings. The van der Waals surface area contributed by atoms with E-state index in [9.17, 15) is 5.11 Å². The third kappa shape index (κ3) is 6.94. The van der Waals surface area contributed by atoms with Gasteiger partial charge >= 0.3 is 0 Å². The van der Waals surface area contributed by atoms with Gasteiger partial charge in [-0.05, 0) is 52.4 Å². The third-order valence-electron chi connectivity index (χ3n) is 4.34. The Bertz CT molecular complexity index is 959. The van der Waals surface area contributed by atoms with Crippen LogP contribution in [0.1, 0.15) is 42.0 Å². The monoisotopic (exact) mass is 462 g/mol. The van der Waals surface area contributed by atoms with Crippen molar-refractivity contribution in [3.05, 3.63) is 87.2 Å². The van der Waals surface area contributed by atoms with Gasteiger partial charge in [-0.3, -0.25) is 9.78 Å². The molecular weight excluding hydrogens is 439 g/mol. The van der Waals surface area contributed by atoms with Crippen molar-refractivity contribution in [1.82, 2.24) is 4.98 Å². The van der Waals surface area contributed by atoms with Crippen molar-refractivity contribution in [3.8, 4) is 5.75 Å². The Morgan fingerprint density at radius 3 is 2.37 bits per heavy atom. The van der Waals surface area contributed by atoms with Crippen LogP contribution in [0.5, 0.6) is 5.75 Å². The summed E-state index contributed by atoms with van der Waals surface area (Å²) < 4.78 is 0. The molecule has 3 aromatic rings. The molecule has 0 unspecified atom stereocenters. The molecule has 0 spiro atoms. The largest absolute Gasteiger partial charge is 0.508 e. The fourth-order valence-corrected chi connectivity index (χ4v) is 4.52. The quantitative estimate of drug-likeness (QED) is 0.337. The molecule has 4 nitrogen and oxygen atoms in total. The molecule has 1 heterocycles. The number of benzene rings is 2. The maximum Gasteiger partial charge on any atom is 0.204 e. The summed E-state index contributed by atoms with van der Waals surface area (Å²) in [6, 6.07) is 13.6. The molecular formula is C23H24Cl2N2O2S. The number of amides is 1. The predicted octanol–water partition coefficient (Wildman–Crippen LogP) is 6.20. The first-order chi connectivity index (χ1) is 14.3. The summed E-state index contributed by atoms with van der Waals surface area (Å²) >= 11 is 14.8. The number of rotatable bonds is 6. The molecule has 0 aliphatic heterocycles. The molecule has 1 amide bonds. The maximum atomic E-state index is 10.0. The number of halogens is 2. The highest BCUT2D eigenvalue weighted by Crippen LogP contribution is 2.35. The highest BCUT2D eigenvalue weighted by Gasteiger charge is 2.12. The molecule has 0 bridgehead atoms. The lowest BCUT2D eigenvalue weighted by Gasteiger charge is -2.13. The van der Waals surface area contributed by atoms with Crippen LogP contribution in [-0.4, -0.2) is 16.5 Å². The van der Waals surface area contributed by atoms with Gasteiger partial charge in [-0.1, -0.05) is 55.2 Å². The summed E-state index contributed by atoms with van der Waals surface area (Å²) in [6.07, 6.45) is 4.51. The van der Waals surface area contributed by atoms with Gasteiger partial charge in [0.1, 0.15) is 5.75 Å². The Morgan fingerprint density at radius 1 is 1.13 bits per heavy atom. The number of nitrogens with zero attached hydrogens (tertiary/aromatic N) is 1. The molecule has 1 aromatic heterocycles. The highest BCUT2D eigenvalue weighted by molar-refractivity contribution is 7.98. The number of aromatic hydroxyl groups is 1. The molecule has 158 valence electrons.